The van der Waals surface area contributed by atoms with Crippen LogP contribution >= 0.6 is 0 Å². The van der Waals surface area contributed by atoms with E-state index in [9.17, 15) is 18.3 Å². The number of aliphatic hydroxyl groups is 1. The lowest BCUT2D eigenvalue weighted by Gasteiger charge is -2.43. The minimum atomic E-state index is -3.10. The zero-order chi connectivity index (χ0) is 15.7. The van der Waals surface area contributed by atoms with Gasteiger partial charge in [0.2, 0.25) is 5.91 Å². The molecule has 0 aliphatic carbocycles. The highest BCUT2D eigenvalue weighted by molar-refractivity contribution is 7.90. The molecule has 2 heterocycles. The van der Waals surface area contributed by atoms with E-state index in [1.54, 1.807) is 0 Å². The van der Waals surface area contributed by atoms with Crippen LogP contribution < -0.4 is 11.1 Å². The first-order chi connectivity index (χ1) is 9.74. The van der Waals surface area contributed by atoms with Gasteiger partial charge in [-0.2, -0.15) is 0 Å². The number of nitrogens with zero attached hydrogens (tertiary/aromatic N) is 1. The number of nitrogens with two attached hydrogens (primary N) is 1. The Labute approximate surface area is 125 Å². The van der Waals surface area contributed by atoms with Crippen molar-refractivity contribution >= 4 is 15.7 Å². The van der Waals surface area contributed by atoms with Crippen LogP contribution in [0.5, 0.6) is 0 Å². The Hall–Kier alpha value is -0.700. The molecule has 3 atom stereocenters. The fourth-order valence-electron chi connectivity index (χ4n) is 3.67. The van der Waals surface area contributed by atoms with E-state index < -0.39 is 21.5 Å². The van der Waals surface area contributed by atoms with Crippen molar-refractivity contribution in [2.75, 3.05) is 25.2 Å². The van der Waals surface area contributed by atoms with Crippen LogP contribution in [0.15, 0.2) is 0 Å². The number of β-amino-alcohol motifs (C(OH)–C–C–N with tert-alkyl or cyclic N) is 1. The molecule has 0 aromatic rings. The second kappa shape index (κ2) is 6.20. The van der Waals surface area contributed by atoms with Crippen LogP contribution in [0.2, 0.25) is 0 Å². The number of piperidine rings is 1. The SMILES string of the molecule is CS(=O)(=O)CNCC(O)CN1[C@@H]2CCC[C@@]1(C(N)=O)CC2. The topological polar surface area (TPSA) is 113 Å². The molecule has 2 saturated heterocycles. The number of sulfone groups is 1. The minimum absolute atomic E-state index is 0.158. The van der Waals surface area contributed by atoms with E-state index in [1.807, 2.05) is 4.90 Å². The quantitative estimate of drug-likeness (QED) is 0.544. The van der Waals surface area contributed by atoms with Crippen molar-refractivity contribution in [1.82, 2.24) is 10.2 Å². The molecular formula is C13H25N3O4S. The van der Waals surface area contributed by atoms with E-state index in [-0.39, 0.29) is 18.3 Å². The van der Waals surface area contributed by atoms with E-state index in [0.29, 0.717) is 12.6 Å². The lowest BCUT2D eigenvalue weighted by atomic mass is 9.87. The minimum Gasteiger partial charge on any atom is -0.390 e. The van der Waals surface area contributed by atoms with Gasteiger partial charge in [0.1, 0.15) is 5.54 Å². The van der Waals surface area contributed by atoms with E-state index in [1.165, 1.54) is 0 Å². The van der Waals surface area contributed by atoms with Crippen molar-refractivity contribution in [3.8, 4) is 0 Å². The molecule has 2 aliphatic rings. The van der Waals surface area contributed by atoms with Crippen LogP contribution in [0.1, 0.15) is 32.1 Å². The summed E-state index contributed by atoms with van der Waals surface area (Å²) in [5, 5.41) is 12.8. The summed E-state index contributed by atoms with van der Waals surface area (Å²) in [4.78, 5) is 13.9. The van der Waals surface area contributed by atoms with Gasteiger partial charge < -0.3 is 16.2 Å². The molecule has 0 spiro atoms. The average Bonchev–Trinajstić information content (AvgIpc) is 2.57. The van der Waals surface area contributed by atoms with E-state index >= 15 is 0 Å². The Morgan fingerprint density at radius 1 is 1.48 bits per heavy atom. The third-order valence-electron chi connectivity index (χ3n) is 4.62. The molecule has 1 amide bonds. The number of amides is 1. The normalized spacial score (nSPS) is 31.2. The van der Waals surface area contributed by atoms with Crippen LogP contribution in [0.25, 0.3) is 0 Å². The number of aliphatic hydroxyl groups excluding tert-OH is 1. The zero-order valence-corrected chi connectivity index (χ0v) is 13.2. The molecule has 1 unspecified atom stereocenters. The average molecular weight is 319 g/mol. The van der Waals surface area contributed by atoms with Crippen LogP contribution in [0, 0.1) is 0 Å². The highest BCUT2D eigenvalue weighted by atomic mass is 32.2. The van der Waals surface area contributed by atoms with Crippen LogP contribution in [0.3, 0.4) is 0 Å². The summed E-state index contributed by atoms with van der Waals surface area (Å²) < 4.78 is 22.1. The maximum absolute atomic E-state index is 11.9. The number of carbonyl (C=O) groups excluding carboxylic acids is 1. The van der Waals surface area contributed by atoms with Gasteiger partial charge in [0.25, 0.3) is 0 Å². The Morgan fingerprint density at radius 2 is 2.19 bits per heavy atom. The van der Waals surface area contributed by atoms with E-state index in [2.05, 4.69) is 5.32 Å². The maximum atomic E-state index is 11.9. The highest BCUT2D eigenvalue weighted by Crippen LogP contribution is 2.43. The Morgan fingerprint density at radius 3 is 2.81 bits per heavy atom. The van der Waals surface area contributed by atoms with Crippen molar-refractivity contribution in [3.05, 3.63) is 0 Å². The predicted molar refractivity (Wildman–Crippen MR) is 79.2 cm³/mol. The number of rotatable bonds is 7. The summed E-state index contributed by atoms with van der Waals surface area (Å²) in [6.07, 6.45) is 4.89. The van der Waals surface area contributed by atoms with Gasteiger partial charge in [0.15, 0.2) is 9.84 Å². The number of fused-ring (bicyclic) bond motifs is 2. The molecule has 0 aromatic carbocycles. The molecule has 122 valence electrons. The maximum Gasteiger partial charge on any atom is 0.237 e. The standard InChI is InChI=1S/C13H25N3O4S/c1-21(19,20)9-15-7-11(17)8-16-10-3-2-5-13(16,6-4-10)12(14)18/h10-11,15,17H,2-9H2,1H3,(H2,14,18)/t10-,11?,13+/m1/s1. The van der Waals surface area contributed by atoms with Gasteiger partial charge in [-0.3, -0.25) is 9.69 Å². The molecule has 0 saturated carbocycles. The van der Waals surface area contributed by atoms with Gasteiger partial charge in [-0.25, -0.2) is 8.42 Å². The summed E-state index contributed by atoms with van der Waals surface area (Å²) in [5.74, 6) is -0.463. The summed E-state index contributed by atoms with van der Waals surface area (Å²) in [6.45, 7) is 0.537. The van der Waals surface area contributed by atoms with Crippen molar-refractivity contribution < 1.29 is 18.3 Å². The molecule has 2 bridgehead atoms. The second-order valence-electron chi connectivity index (χ2n) is 6.31. The monoisotopic (exact) mass is 319 g/mol. The van der Waals surface area contributed by atoms with Gasteiger partial charge in [-0.15, -0.1) is 0 Å². The fourth-order valence-corrected chi connectivity index (χ4v) is 4.16. The lowest BCUT2D eigenvalue weighted by Crippen LogP contribution is -2.60. The molecule has 21 heavy (non-hydrogen) atoms. The molecule has 0 radical (unpaired) electrons. The molecule has 2 fully saturated rings. The lowest BCUT2D eigenvalue weighted by molar-refractivity contribution is -0.132. The molecule has 4 N–H and O–H groups in total. The summed E-state index contributed by atoms with van der Waals surface area (Å²) in [6, 6.07) is 0.302. The highest BCUT2D eigenvalue weighted by Gasteiger charge is 2.52. The van der Waals surface area contributed by atoms with E-state index in [4.69, 9.17) is 5.73 Å². The number of primary amides is 1. The smallest absolute Gasteiger partial charge is 0.237 e. The molecular weight excluding hydrogens is 294 g/mol. The first-order valence-corrected chi connectivity index (χ1v) is 9.44. The second-order valence-corrected chi connectivity index (χ2v) is 8.45. The summed E-state index contributed by atoms with van der Waals surface area (Å²) in [7, 11) is -3.10. The number of hydrogen-bond donors (Lipinski definition) is 3. The fraction of sp³-hybridized carbons (Fsp3) is 0.923. The van der Waals surface area contributed by atoms with Crippen LogP contribution in [-0.4, -0.2) is 67.2 Å². The predicted octanol–water partition coefficient (Wildman–Crippen LogP) is -1.19. The van der Waals surface area contributed by atoms with Gasteiger partial charge in [0, 0.05) is 25.4 Å². The number of carbonyl (C=O) groups is 1. The van der Waals surface area contributed by atoms with Gasteiger partial charge in [0.05, 0.1) is 12.0 Å². The van der Waals surface area contributed by atoms with Crippen molar-refractivity contribution in [2.24, 2.45) is 5.73 Å². The Bertz CT molecular complexity index is 492. The van der Waals surface area contributed by atoms with Crippen molar-refractivity contribution in [3.63, 3.8) is 0 Å². The molecule has 8 heteroatoms. The van der Waals surface area contributed by atoms with E-state index in [0.717, 1.165) is 38.4 Å². The third-order valence-corrected chi connectivity index (χ3v) is 5.35. The third kappa shape index (κ3) is 3.74. The Kier molecular flexibility index (Phi) is 4.92. The molecule has 0 aromatic heterocycles. The van der Waals surface area contributed by atoms with Gasteiger partial charge in [-0.05, 0) is 32.1 Å². The Balaban J connectivity index is 1.93. The summed E-state index contributed by atoms with van der Waals surface area (Å²) >= 11 is 0. The van der Waals surface area contributed by atoms with Crippen molar-refractivity contribution in [1.29, 1.82) is 0 Å². The molecule has 2 rings (SSSR count). The number of nitrogens with one attached hydrogen (secondary N) is 1. The molecule has 7 nitrogen and oxygen atoms in total. The number of hydrogen-bond acceptors (Lipinski definition) is 6. The zero-order valence-electron chi connectivity index (χ0n) is 12.4. The van der Waals surface area contributed by atoms with Gasteiger partial charge >= 0.3 is 0 Å². The van der Waals surface area contributed by atoms with Gasteiger partial charge in [-0.1, -0.05) is 0 Å². The first-order valence-electron chi connectivity index (χ1n) is 7.38. The van der Waals surface area contributed by atoms with Crippen LogP contribution in [0.4, 0.5) is 0 Å². The molecule has 2 aliphatic heterocycles. The first kappa shape index (κ1) is 16.7. The largest absolute Gasteiger partial charge is 0.390 e. The summed E-state index contributed by atoms with van der Waals surface area (Å²) in [5.41, 5.74) is 5.00. The van der Waals surface area contributed by atoms with Crippen molar-refractivity contribution in [2.45, 2.75) is 49.8 Å². The van der Waals surface area contributed by atoms with Crippen LogP contribution in [-0.2, 0) is 14.6 Å².